The number of aromatic nitrogens is 3. The van der Waals surface area contributed by atoms with Gasteiger partial charge in [-0.05, 0) is 13.3 Å². The Morgan fingerprint density at radius 3 is 2.81 bits per heavy atom. The first kappa shape index (κ1) is 13.5. The summed E-state index contributed by atoms with van der Waals surface area (Å²) in [6, 6.07) is 1.43. The molecule has 0 spiro atoms. The SMILES string of the molecule is Cc1ncc(-c2cc(N[C@H](C)C(=O)N3CCC3)ncn2)o1. The van der Waals surface area contributed by atoms with Crippen molar-refractivity contribution in [3.05, 3.63) is 24.5 Å². The number of hydrogen-bond acceptors (Lipinski definition) is 6. The van der Waals surface area contributed by atoms with E-state index in [1.807, 2.05) is 11.8 Å². The van der Waals surface area contributed by atoms with Crippen molar-refractivity contribution in [2.75, 3.05) is 18.4 Å². The molecule has 7 nitrogen and oxygen atoms in total. The van der Waals surface area contributed by atoms with Gasteiger partial charge in [0.25, 0.3) is 0 Å². The lowest BCUT2D eigenvalue weighted by atomic mass is 10.2. The van der Waals surface area contributed by atoms with Gasteiger partial charge in [-0.3, -0.25) is 4.79 Å². The Balaban J connectivity index is 1.72. The molecule has 0 aliphatic carbocycles. The van der Waals surface area contributed by atoms with Crippen LogP contribution in [-0.4, -0.2) is 44.9 Å². The molecule has 1 N–H and O–H groups in total. The smallest absolute Gasteiger partial charge is 0.244 e. The van der Waals surface area contributed by atoms with E-state index in [0.717, 1.165) is 19.5 Å². The van der Waals surface area contributed by atoms with Crippen LogP contribution in [0, 0.1) is 6.92 Å². The van der Waals surface area contributed by atoms with E-state index in [9.17, 15) is 4.79 Å². The van der Waals surface area contributed by atoms with Crippen LogP contribution < -0.4 is 5.32 Å². The highest BCUT2D eigenvalue weighted by atomic mass is 16.4. The highest BCUT2D eigenvalue weighted by Gasteiger charge is 2.25. The maximum Gasteiger partial charge on any atom is 0.244 e. The predicted octanol–water partition coefficient (Wildman–Crippen LogP) is 1.47. The average Bonchev–Trinajstić information content (AvgIpc) is 2.84. The number of aryl methyl sites for hydroxylation is 1. The van der Waals surface area contributed by atoms with Crippen molar-refractivity contribution in [2.24, 2.45) is 0 Å². The van der Waals surface area contributed by atoms with Crippen molar-refractivity contribution < 1.29 is 9.21 Å². The molecule has 1 amide bonds. The van der Waals surface area contributed by atoms with Gasteiger partial charge in [-0.1, -0.05) is 0 Å². The van der Waals surface area contributed by atoms with E-state index in [1.165, 1.54) is 6.33 Å². The van der Waals surface area contributed by atoms with Gasteiger partial charge in [-0.15, -0.1) is 0 Å². The molecule has 1 aliphatic heterocycles. The summed E-state index contributed by atoms with van der Waals surface area (Å²) >= 11 is 0. The number of anilines is 1. The summed E-state index contributed by atoms with van der Waals surface area (Å²) in [7, 11) is 0. The third kappa shape index (κ3) is 2.86. The molecule has 0 radical (unpaired) electrons. The quantitative estimate of drug-likeness (QED) is 0.916. The van der Waals surface area contributed by atoms with Crippen LogP contribution in [-0.2, 0) is 4.79 Å². The van der Waals surface area contributed by atoms with E-state index in [1.54, 1.807) is 19.2 Å². The van der Waals surface area contributed by atoms with Gasteiger partial charge < -0.3 is 14.6 Å². The minimum absolute atomic E-state index is 0.0944. The molecule has 1 fully saturated rings. The van der Waals surface area contributed by atoms with Crippen LogP contribution in [0.4, 0.5) is 5.82 Å². The number of nitrogens with one attached hydrogen (secondary N) is 1. The lowest BCUT2D eigenvalue weighted by Crippen LogP contribution is -2.48. The lowest BCUT2D eigenvalue weighted by Gasteiger charge is -2.33. The van der Waals surface area contributed by atoms with E-state index in [0.29, 0.717) is 23.2 Å². The van der Waals surface area contributed by atoms with Crippen LogP contribution >= 0.6 is 0 Å². The summed E-state index contributed by atoms with van der Waals surface area (Å²) in [5.41, 5.74) is 0.636. The molecule has 0 saturated carbocycles. The Morgan fingerprint density at radius 2 is 2.19 bits per heavy atom. The summed E-state index contributed by atoms with van der Waals surface area (Å²) in [6.45, 7) is 5.30. The number of likely N-dealkylation sites (tertiary alicyclic amines) is 1. The maximum atomic E-state index is 12.1. The highest BCUT2D eigenvalue weighted by Crippen LogP contribution is 2.20. The molecular formula is C14H17N5O2. The highest BCUT2D eigenvalue weighted by molar-refractivity contribution is 5.84. The third-order valence-electron chi connectivity index (χ3n) is 3.44. The lowest BCUT2D eigenvalue weighted by molar-refractivity contribution is -0.135. The summed E-state index contributed by atoms with van der Waals surface area (Å²) in [5, 5.41) is 3.10. The number of nitrogens with zero attached hydrogens (tertiary/aromatic N) is 4. The van der Waals surface area contributed by atoms with Crippen LogP contribution in [0.5, 0.6) is 0 Å². The monoisotopic (exact) mass is 287 g/mol. The van der Waals surface area contributed by atoms with Crippen LogP contribution in [0.3, 0.4) is 0 Å². The fraction of sp³-hybridized carbons (Fsp3) is 0.429. The van der Waals surface area contributed by atoms with Gasteiger partial charge in [0.05, 0.1) is 6.20 Å². The Kier molecular flexibility index (Phi) is 3.55. The molecule has 0 aromatic carbocycles. The van der Waals surface area contributed by atoms with Crippen molar-refractivity contribution in [3.63, 3.8) is 0 Å². The molecule has 3 heterocycles. The van der Waals surface area contributed by atoms with Crippen molar-refractivity contribution in [2.45, 2.75) is 26.3 Å². The number of hydrogen-bond donors (Lipinski definition) is 1. The van der Waals surface area contributed by atoms with E-state index >= 15 is 0 Å². The second kappa shape index (κ2) is 5.51. The number of carbonyl (C=O) groups excluding carboxylic acids is 1. The fourth-order valence-electron chi connectivity index (χ4n) is 2.14. The normalized spacial score (nSPS) is 15.4. The summed E-state index contributed by atoms with van der Waals surface area (Å²) in [6.07, 6.45) is 4.15. The Bertz CT molecular complexity index is 650. The van der Waals surface area contributed by atoms with Gasteiger partial charge in [0.2, 0.25) is 5.91 Å². The van der Waals surface area contributed by atoms with Crippen molar-refractivity contribution >= 4 is 11.7 Å². The number of oxazole rings is 1. The molecule has 0 bridgehead atoms. The summed E-state index contributed by atoms with van der Waals surface area (Å²) in [5.74, 6) is 1.85. The van der Waals surface area contributed by atoms with Gasteiger partial charge in [0.1, 0.15) is 23.9 Å². The van der Waals surface area contributed by atoms with E-state index < -0.39 is 0 Å². The molecule has 1 aliphatic rings. The first-order valence-electron chi connectivity index (χ1n) is 6.93. The van der Waals surface area contributed by atoms with E-state index in [4.69, 9.17) is 4.42 Å². The third-order valence-corrected chi connectivity index (χ3v) is 3.44. The van der Waals surface area contributed by atoms with Crippen LogP contribution in [0.2, 0.25) is 0 Å². The molecule has 1 atom stereocenters. The van der Waals surface area contributed by atoms with E-state index in [2.05, 4.69) is 20.3 Å². The molecule has 2 aromatic rings. The van der Waals surface area contributed by atoms with Crippen molar-refractivity contribution in [1.29, 1.82) is 0 Å². The largest absolute Gasteiger partial charge is 0.439 e. The maximum absolute atomic E-state index is 12.1. The number of carbonyl (C=O) groups is 1. The standard InChI is InChI=1S/C14H17N5O2/c1-9(14(20)19-4-3-5-19)18-13-6-11(16-8-17-13)12-7-15-10(2)21-12/h6-9H,3-5H2,1-2H3,(H,16,17,18)/t9-/m1/s1. The predicted molar refractivity (Wildman–Crippen MR) is 76.5 cm³/mol. The zero-order chi connectivity index (χ0) is 14.8. The topological polar surface area (TPSA) is 84.2 Å². The van der Waals surface area contributed by atoms with Crippen LogP contribution in [0.1, 0.15) is 19.2 Å². The fourth-order valence-corrected chi connectivity index (χ4v) is 2.14. The van der Waals surface area contributed by atoms with Crippen molar-refractivity contribution in [3.8, 4) is 11.5 Å². The molecule has 110 valence electrons. The zero-order valence-corrected chi connectivity index (χ0v) is 12.0. The Hall–Kier alpha value is -2.44. The molecular weight excluding hydrogens is 270 g/mol. The molecule has 3 rings (SSSR count). The van der Waals surface area contributed by atoms with Crippen molar-refractivity contribution in [1.82, 2.24) is 19.9 Å². The molecule has 1 saturated heterocycles. The second-order valence-electron chi connectivity index (χ2n) is 5.08. The molecule has 2 aromatic heterocycles. The Morgan fingerprint density at radius 1 is 1.38 bits per heavy atom. The van der Waals surface area contributed by atoms with Crippen LogP contribution in [0.25, 0.3) is 11.5 Å². The van der Waals surface area contributed by atoms with Gasteiger partial charge in [-0.2, -0.15) is 0 Å². The number of amides is 1. The minimum atomic E-state index is -0.315. The molecule has 21 heavy (non-hydrogen) atoms. The first-order valence-corrected chi connectivity index (χ1v) is 6.93. The van der Waals surface area contributed by atoms with Gasteiger partial charge in [-0.25, -0.2) is 15.0 Å². The second-order valence-corrected chi connectivity index (χ2v) is 5.08. The zero-order valence-electron chi connectivity index (χ0n) is 12.0. The summed E-state index contributed by atoms with van der Waals surface area (Å²) < 4.78 is 5.44. The summed E-state index contributed by atoms with van der Waals surface area (Å²) in [4.78, 5) is 26.3. The van der Waals surface area contributed by atoms with E-state index in [-0.39, 0.29) is 11.9 Å². The minimum Gasteiger partial charge on any atom is -0.439 e. The number of rotatable bonds is 4. The first-order chi connectivity index (χ1) is 10.1. The van der Waals surface area contributed by atoms with Gasteiger partial charge in [0.15, 0.2) is 11.7 Å². The molecule has 0 unspecified atom stereocenters. The Labute approximate surface area is 122 Å². The van der Waals surface area contributed by atoms with Gasteiger partial charge >= 0.3 is 0 Å². The van der Waals surface area contributed by atoms with Gasteiger partial charge in [0, 0.05) is 26.1 Å². The molecule has 7 heteroatoms. The average molecular weight is 287 g/mol. The van der Waals surface area contributed by atoms with Crippen LogP contribution in [0.15, 0.2) is 23.0 Å².